The number of anilines is 2. The largest absolute Gasteiger partial charge is 0.353 e. The summed E-state index contributed by atoms with van der Waals surface area (Å²) in [4.78, 5) is 16.3. The Morgan fingerprint density at radius 3 is 2.65 bits per heavy atom. The van der Waals surface area contributed by atoms with E-state index >= 15 is 0 Å². The molecule has 1 aromatic carbocycles. The van der Waals surface area contributed by atoms with E-state index in [1.807, 2.05) is 18.2 Å². The predicted molar refractivity (Wildman–Crippen MR) is 88.4 cm³/mol. The third-order valence-electron chi connectivity index (χ3n) is 4.01. The third kappa shape index (κ3) is 3.67. The van der Waals surface area contributed by atoms with E-state index in [1.54, 1.807) is 24.4 Å². The van der Waals surface area contributed by atoms with Gasteiger partial charge in [0.2, 0.25) is 0 Å². The predicted octanol–water partition coefficient (Wildman–Crippen LogP) is 3.37. The highest BCUT2D eigenvalue weighted by Crippen LogP contribution is 2.20. The first kappa shape index (κ1) is 15.0. The molecule has 0 spiro atoms. The first-order valence-corrected chi connectivity index (χ1v) is 7.79. The number of para-hydroxylation sites is 1. The van der Waals surface area contributed by atoms with E-state index in [1.165, 1.54) is 12.8 Å². The van der Waals surface area contributed by atoms with Crippen LogP contribution in [-0.4, -0.2) is 16.9 Å². The highest BCUT2D eigenvalue weighted by molar-refractivity contribution is 5.92. The molecule has 1 aliphatic rings. The lowest BCUT2D eigenvalue weighted by molar-refractivity contribution is 0.0933. The normalized spacial score (nSPS) is 14.2. The van der Waals surface area contributed by atoms with Crippen molar-refractivity contribution in [2.45, 2.75) is 31.7 Å². The maximum Gasteiger partial charge on any atom is 0.270 e. The smallest absolute Gasteiger partial charge is 0.270 e. The topological polar surface area (TPSA) is 77.8 Å². The summed E-state index contributed by atoms with van der Waals surface area (Å²) in [6.45, 7) is 0. The fourth-order valence-corrected chi connectivity index (χ4v) is 2.78. The molecule has 3 rings (SSSR count). The molecule has 5 nitrogen and oxygen atoms in total. The van der Waals surface area contributed by atoms with Crippen LogP contribution in [0.25, 0.3) is 0 Å². The molecule has 1 heterocycles. The van der Waals surface area contributed by atoms with Crippen molar-refractivity contribution in [2.75, 3.05) is 5.32 Å². The second kappa shape index (κ2) is 6.93. The first-order chi connectivity index (χ1) is 11.3. The van der Waals surface area contributed by atoms with Crippen molar-refractivity contribution in [2.24, 2.45) is 0 Å². The molecule has 1 saturated carbocycles. The molecule has 0 saturated heterocycles. The number of hydrogen-bond donors (Lipinski definition) is 2. The molecule has 0 atom stereocenters. The van der Waals surface area contributed by atoms with E-state index in [4.69, 9.17) is 5.26 Å². The van der Waals surface area contributed by atoms with Crippen LogP contribution < -0.4 is 10.6 Å². The maximum atomic E-state index is 12.1. The summed E-state index contributed by atoms with van der Waals surface area (Å²) in [5.41, 5.74) is 2.44. The minimum Gasteiger partial charge on any atom is -0.353 e. The van der Waals surface area contributed by atoms with Crippen molar-refractivity contribution in [1.29, 1.82) is 5.26 Å². The number of hydrogen-bond acceptors (Lipinski definition) is 4. The van der Waals surface area contributed by atoms with Gasteiger partial charge in [0.15, 0.2) is 0 Å². The van der Waals surface area contributed by atoms with Crippen molar-refractivity contribution in [3.8, 4) is 6.07 Å². The summed E-state index contributed by atoms with van der Waals surface area (Å²) in [5.74, 6) is -0.124. The molecular weight excluding hydrogens is 288 g/mol. The van der Waals surface area contributed by atoms with E-state index in [0.29, 0.717) is 11.3 Å². The van der Waals surface area contributed by atoms with E-state index in [0.717, 1.165) is 24.2 Å². The summed E-state index contributed by atoms with van der Waals surface area (Å²) in [6.07, 6.45) is 6.07. The molecule has 2 aromatic rings. The van der Waals surface area contributed by atoms with Gasteiger partial charge in [-0.15, -0.1) is 0 Å². The van der Waals surface area contributed by atoms with Crippen LogP contribution >= 0.6 is 0 Å². The number of pyridine rings is 1. The first-order valence-electron chi connectivity index (χ1n) is 7.79. The molecule has 116 valence electrons. The van der Waals surface area contributed by atoms with Crippen LogP contribution in [0.1, 0.15) is 41.7 Å². The highest BCUT2D eigenvalue weighted by Gasteiger charge is 2.18. The van der Waals surface area contributed by atoms with Crippen LogP contribution in [0.3, 0.4) is 0 Å². The van der Waals surface area contributed by atoms with Gasteiger partial charge in [-0.1, -0.05) is 25.0 Å². The molecule has 5 heteroatoms. The Labute approximate surface area is 135 Å². The van der Waals surface area contributed by atoms with E-state index in [9.17, 15) is 4.79 Å². The molecule has 2 N–H and O–H groups in total. The van der Waals surface area contributed by atoms with Gasteiger partial charge in [0, 0.05) is 6.04 Å². The number of rotatable bonds is 4. The summed E-state index contributed by atoms with van der Waals surface area (Å²) in [6, 6.07) is 13.2. The number of aromatic nitrogens is 1. The highest BCUT2D eigenvalue weighted by atomic mass is 16.1. The summed E-state index contributed by atoms with van der Waals surface area (Å²) < 4.78 is 0. The monoisotopic (exact) mass is 306 g/mol. The number of benzene rings is 1. The summed E-state index contributed by atoms with van der Waals surface area (Å²) >= 11 is 0. The Balaban J connectivity index is 1.67. The quantitative estimate of drug-likeness (QED) is 0.908. The Kier molecular flexibility index (Phi) is 4.53. The van der Waals surface area contributed by atoms with E-state index < -0.39 is 0 Å². The van der Waals surface area contributed by atoms with Gasteiger partial charge in [-0.2, -0.15) is 5.26 Å². The van der Waals surface area contributed by atoms with Crippen LogP contribution in [-0.2, 0) is 0 Å². The number of carbonyl (C=O) groups is 1. The van der Waals surface area contributed by atoms with Gasteiger partial charge in [-0.25, -0.2) is 4.98 Å². The van der Waals surface area contributed by atoms with Gasteiger partial charge in [0.1, 0.15) is 11.8 Å². The minimum absolute atomic E-state index is 0.124. The molecule has 1 fully saturated rings. The molecule has 1 amide bonds. The minimum atomic E-state index is -0.124. The van der Waals surface area contributed by atoms with E-state index in [-0.39, 0.29) is 11.9 Å². The fraction of sp³-hybridized carbons (Fsp3) is 0.278. The van der Waals surface area contributed by atoms with Gasteiger partial charge < -0.3 is 10.6 Å². The number of nitriles is 1. The Morgan fingerprint density at radius 2 is 1.96 bits per heavy atom. The molecular formula is C18H18N4O. The standard InChI is InChI=1S/C18H18N4O/c19-11-13-5-1-4-8-16(13)21-15-9-10-17(20-12-15)18(23)22-14-6-2-3-7-14/h1,4-5,8-10,12,14,21H,2-3,6-7H2,(H,22,23). The lowest BCUT2D eigenvalue weighted by atomic mass is 10.2. The number of carbonyl (C=O) groups excluding carboxylic acids is 1. The number of amides is 1. The van der Waals surface area contributed by atoms with Gasteiger partial charge in [-0.3, -0.25) is 4.79 Å². The van der Waals surface area contributed by atoms with Gasteiger partial charge in [0.25, 0.3) is 5.91 Å². The maximum absolute atomic E-state index is 12.1. The van der Waals surface area contributed by atoms with Crippen LogP contribution in [0.4, 0.5) is 11.4 Å². The van der Waals surface area contributed by atoms with Crippen LogP contribution in [0.5, 0.6) is 0 Å². The van der Waals surface area contributed by atoms with Crippen molar-refractivity contribution in [3.63, 3.8) is 0 Å². The van der Waals surface area contributed by atoms with Crippen molar-refractivity contribution >= 4 is 17.3 Å². The molecule has 0 unspecified atom stereocenters. The lowest BCUT2D eigenvalue weighted by Crippen LogP contribution is -2.33. The lowest BCUT2D eigenvalue weighted by Gasteiger charge is -2.12. The number of nitrogens with one attached hydrogen (secondary N) is 2. The second-order valence-electron chi connectivity index (χ2n) is 5.67. The Hall–Kier alpha value is -2.87. The molecule has 0 radical (unpaired) electrons. The molecule has 23 heavy (non-hydrogen) atoms. The Bertz CT molecular complexity index is 727. The fourth-order valence-electron chi connectivity index (χ4n) is 2.78. The summed E-state index contributed by atoms with van der Waals surface area (Å²) in [7, 11) is 0. The zero-order valence-corrected chi connectivity index (χ0v) is 12.7. The van der Waals surface area contributed by atoms with Crippen molar-refractivity contribution in [1.82, 2.24) is 10.3 Å². The third-order valence-corrected chi connectivity index (χ3v) is 4.01. The zero-order valence-electron chi connectivity index (χ0n) is 12.7. The average molecular weight is 306 g/mol. The van der Waals surface area contributed by atoms with Crippen LogP contribution in [0.2, 0.25) is 0 Å². The number of nitrogens with zero attached hydrogens (tertiary/aromatic N) is 2. The van der Waals surface area contributed by atoms with Gasteiger partial charge in [-0.05, 0) is 37.1 Å². The second-order valence-corrected chi connectivity index (χ2v) is 5.67. The van der Waals surface area contributed by atoms with Crippen molar-refractivity contribution < 1.29 is 4.79 Å². The van der Waals surface area contributed by atoms with Crippen molar-refractivity contribution in [3.05, 3.63) is 53.9 Å². The van der Waals surface area contributed by atoms with Gasteiger partial charge in [0.05, 0.1) is 23.1 Å². The Morgan fingerprint density at radius 1 is 1.17 bits per heavy atom. The molecule has 0 bridgehead atoms. The van der Waals surface area contributed by atoms with Crippen LogP contribution in [0, 0.1) is 11.3 Å². The van der Waals surface area contributed by atoms with E-state index in [2.05, 4.69) is 21.7 Å². The molecule has 0 aliphatic heterocycles. The zero-order chi connectivity index (χ0) is 16.1. The SMILES string of the molecule is N#Cc1ccccc1Nc1ccc(C(=O)NC2CCCC2)nc1. The van der Waals surface area contributed by atoms with Crippen LogP contribution in [0.15, 0.2) is 42.6 Å². The molecule has 1 aliphatic carbocycles. The van der Waals surface area contributed by atoms with Gasteiger partial charge >= 0.3 is 0 Å². The summed E-state index contributed by atoms with van der Waals surface area (Å²) in [5, 5.41) is 15.3. The molecule has 1 aromatic heterocycles. The average Bonchev–Trinajstić information content (AvgIpc) is 3.09.